The first-order valence-corrected chi connectivity index (χ1v) is 12.7. The number of methoxy groups -OCH3 is 2. The van der Waals surface area contributed by atoms with Crippen molar-refractivity contribution in [2.75, 3.05) is 38.1 Å². The average molecular weight is 518 g/mol. The van der Waals surface area contributed by atoms with Gasteiger partial charge in [-0.25, -0.2) is 9.97 Å². The summed E-state index contributed by atoms with van der Waals surface area (Å²) in [5, 5.41) is 0.160. The summed E-state index contributed by atoms with van der Waals surface area (Å²) >= 11 is 0. The quantitative estimate of drug-likeness (QED) is 0.250. The Balaban J connectivity index is 1.73. The van der Waals surface area contributed by atoms with Crippen LogP contribution < -0.4 is 21.5 Å². The Bertz CT molecular complexity index is 1360. The number of nitrogens with two attached hydrogens (primary N) is 1. The van der Waals surface area contributed by atoms with Crippen LogP contribution in [-0.2, 0) is 30.2 Å². The molecule has 0 radical (unpaired) electrons. The highest BCUT2D eigenvalue weighted by molar-refractivity contribution is 7.66. The van der Waals surface area contributed by atoms with Gasteiger partial charge in [-0.2, -0.15) is 4.98 Å². The number of nitrogens with zero attached hydrogens (tertiary/aromatic N) is 4. The smallest absolute Gasteiger partial charge is 0.309 e. The predicted molar refractivity (Wildman–Crippen MR) is 132 cm³/mol. The second-order valence-corrected chi connectivity index (χ2v) is 10.4. The number of hydrogen-bond donors (Lipinski definition) is 3. The van der Waals surface area contributed by atoms with Crippen LogP contribution in [-0.4, -0.2) is 64.2 Å². The molecule has 4 N–H and O–H groups in total. The van der Waals surface area contributed by atoms with Crippen LogP contribution in [0, 0.1) is 5.92 Å². The fourth-order valence-electron chi connectivity index (χ4n) is 3.57. The van der Waals surface area contributed by atoms with E-state index in [2.05, 4.69) is 24.7 Å². The van der Waals surface area contributed by atoms with Gasteiger partial charge in [-0.3, -0.25) is 23.9 Å². The maximum absolute atomic E-state index is 13.1. The van der Waals surface area contributed by atoms with E-state index in [0.717, 1.165) is 0 Å². The normalized spacial score (nSPS) is 13.6. The number of carbonyl (C=O) groups is 2. The minimum atomic E-state index is -3.94. The summed E-state index contributed by atoms with van der Waals surface area (Å²) in [6.07, 6.45) is 1.07. The van der Waals surface area contributed by atoms with Crippen LogP contribution in [0.4, 0.5) is 11.6 Å². The van der Waals surface area contributed by atoms with Crippen LogP contribution in [0.25, 0.3) is 11.2 Å². The van der Waals surface area contributed by atoms with Gasteiger partial charge >= 0.3 is 11.9 Å². The molecule has 2 heterocycles. The van der Waals surface area contributed by atoms with Gasteiger partial charge in [0.05, 0.1) is 38.6 Å². The van der Waals surface area contributed by atoms with Crippen molar-refractivity contribution >= 4 is 47.4 Å². The lowest BCUT2D eigenvalue weighted by Crippen LogP contribution is -2.24. The number of aromatic nitrogens is 4. The van der Waals surface area contributed by atoms with Crippen molar-refractivity contribution in [1.29, 1.82) is 0 Å². The number of nitrogen functional groups attached to an aromatic ring is 1. The van der Waals surface area contributed by atoms with E-state index < -0.39 is 30.8 Å². The van der Waals surface area contributed by atoms with Crippen LogP contribution in [0.15, 0.2) is 35.3 Å². The number of H-pyrrole nitrogens is 1. The Morgan fingerprint density at radius 2 is 1.89 bits per heavy atom. The molecule has 0 saturated heterocycles. The molecule has 1 aromatic carbocycles. The van der Waals surface area contributed by atoms with Gasteiger partial charge in [0.25, 0.3) is 5.56 Å². The van der Waals surface area contributed by atoms with Crippen LogP contribution in [0.1, 0.15) is 18.5 Å². The van der Waals surface area contributed by atoms with Crippen molar-refractivity contribution in [2.45, 2.75) is 19.4 Å². The van der Waals surface area contributed by atoms with Gasteiger partial charge in [-0.1, -0.05) is 0 Å². The molecule has 0 saturated carbocycles. The van der Waals surface area contributed by atoms with Gasteiger partial charge in [0, 0.05) is 30.6 Å². The summed E-state index contributed by atoms with van der Waals surface area (Å²) in [5.74, 6) is -2.18. The number of hydrogen-bond acceptors (Lipinski definition) is 11. The van der Waals surface area contributed by atoms with E-state index >= 15 is 0 Å². The lowest BCUT2D eigenvalue weighted by atomic mass is 10.1. The highest BCUT2D eigenvalue weighted by Gasteiger charge is 2.31. The van der Waals surface area contributed by atoms with Crippen LogP contribution in [0.3, 0.4) is 0 Å². The lowest BCUT2D eigenvalue weighted by Gasteiger charge is -2.21. The molecule has 2 unspecified atom stereocenters. The third-order valence-electron chi connectivity index (χ3n) is 5.51. The fourth-order valence-corrected chi connectivity index (χ4v) is 5.32. The van der Waals surface area contributed by atoms with E-state index in [1.807, 2.05) is 4.90 Å². The topological polar surface area (TPSA) is 191 Å². The predicted octanol–water partition coefficient (Wildman–Crippen LogP) is 0.570. The molecule has 3 aromatic rings. The highest BCUT2D eigenvalue weighted by Crippen LogP contribution is 2.43. The van der Waals surface area contributed by atoms with Gasteiger partial charge in [0.1, 0.15) is 0 Å². The van der Waals surface area contributed by atoms with E-state index in [9.17, 15) is 23.8 Å². The zero-order valence-corrected chi connectivity index (χ0v) is 20.9. The van der Waals surface area contributed by atoms with Crippen molar-refractivity contribution in [2.24, 2.45) is 5.92 Å². The number of rotatable bonds is 10. The SMILES string of the molecule is COC(=O)CCC(CP(=O)(O)c1ccc(N(C)Cc2cnc3nc(N)[nH]c(=O)c3n2)cc1)C(=O)OC. The number of esters is 2. The molecule has 0 spiro atoms. The summed E-state index contributed by atoms with van der Waals surface area (Å²) in [4.78, 5) is 62.9. The molecule has 192 valence electrons. The van der Waals surface area contributed by atoms with Gasteiger partial charge in [0.2, 0.25) is 13.3 Å². The lowest BCUT2D eigenvalue weighted by molar-refractivity contribution is -0.146. The van der Waals surface area contributed by atoms with Gasteiger partial charge in [0.15, 0.2) is 11.2 Å². The second-order valence-electron chi connectivity index (χ2n) is 8.08. The molecule has 36 heavy (non-hydrogen) atoms. The number of ether oxygens (including phenoxy) is 2. The Kier molecular flexibility index (Phi) is 8.38. The zero-order chi connectivity index (χ0) is 26.5. The summed E-state index contributed by atoms with van der Waals surface area (Å²) < 4.78 is 22.4. The highest BCUT2D eigenvalue weighted by atomic mass is 31.2. The maximum Gasteiger partial charge on any atom is 0.309 e. The van der Waals surface area contributed by atoms with Gasteiger partial charge < -0.3 is 25.0 Å². The number of fused-ring (bicyclic) bond motifs is 1. The first-order chi connectivity index (χ1) is 17.0. The summed E-state index contributed by atoms with van der Waals surface area (Å²) in [6.45, 7) is 0.292. The van der Waals surface area contributed by atoms with E-state index in [0.29, 0.717) is 17.9 Å². The first-order valence-electron chi connectivity index (χ1n) is 10.8. The number of benzene rings is 1. The Hall–Kier alpha value is -3.83. The average Bonchev–Trinajstić information content (AvgIpc) is 2.86. The largest absolute Gasteiger partial charge is 0.469 e. The van der Waals surface area contributed by atoms with Crippen LogP contribution in [0.2, 0.25) is 0 Å². The van der Waals surface area contributed by atoms with Crippen molar-refractivity contribution in [3.63, 3.8) is 0 Å². The third-order valence-corrected chi connectivity index (χ3v) is 7.55. The molecule has 2 atom stereocenters. The zero-order valence-electron chi connectivity index (χ0n) is 20.0. The monoisotopic (exact) mass is 518 g/mol. The van der Waals surface area contributed by atoms with E-state index in [1.165, 1.54) is 32.5 Å². The summed E-state index contributed by atoms with van der Waals surface area (Å²) in [6, 6.07) is 6.32. The van der Waals surface area contributed by atoms with E-state index in [4.69, 9.17) is 10.5 Å². The van der Waals surface area contributed by atoms with E-state index in [-0.39, 0.29) is 41.4 Å². The van der Waals surface area contributed by atoms with Gasteiger partial charge in [-0.05, 0) is 30.7 Å². The molecule has 0 amide bonds. The fraction of sp³-hybridized carbons (Fsp3) is 0.364. The standard InChI is InChI=1S/C22H27N6O7P/c1-28(11-14-10-24-19-18(25-14)20(30)27-22(23)26-19)15-5-7-16(8-6-15)36(32,33)12-13(21(31)35-3)4-9-17(29)34-2/h5-8,10,13H,4,9,11-12H2,1-3H3,(H,32,33)(H3,23,24,26,27,30). The molecular formula is C22H27N6O7P. The molecule has 3 rings (SSSR count). The molecule has 14 heteroatoms. The molecule has 0 bridgehead atoms. The van der Waals surface area contributed by atoms with Crippen molar-refractivity contribution < 1.29 is 28.5 Å². The second kappa shape index (κ2) is 11.3. The number of anilines is 2. The molecule has 2 aromatic heterocycles. The summed E-state index contributed by atoms with van der Waals surface area (Å²) in [5.41, 5.74) is 6.45. The Morgan fingerprint density at radius 1 is 1.19 bits per heavy atom. The van der Waals surface area contributed by atoms with Crippen LogP contribution >= 0.6 is 7.37 Å². The molecular weight excluding hydrogens is 491 g/mol. The minimum absolute atomic E-state index is 0.0302. The van der Waals surface area contributed by atoms with Crippen LogP contribution in [0.5, 0.6) is 0 Å². The Morgan fingerprint density at radius 3 is 2.53 bits per heavy atom. The Labute approximate surface area is 206 Å². The van der Waals surface area contributed by atoms with Gasteiger partial charge in [-0.15, -0.1) is 0 Å². The molecule has 0 fully saturated rings. The third kappa shape index (κ3) is 6.43. The summed E-state index contributed by atoms with van der Waals surface area (Å²) in [7, 11) is 0.253. The minimum Gasteiger partial charge on any atom is -0.469 e. The van der Waals surface area contributed by atoms with Crippen molar-refractivity contribution in [1.82, 2.24) is 19.9 Å². The molecule has 13 nitrogen and oxygen atoms in total. The maximum atomic E-state index is 13.1. The molecule has 0 aliphatic rings. The number of nitrogens with one attached hydrogen (secondary N) is 1. The first kappa shape index (κ1) is 26.8. The van der Waals surface area contributed by atoms with E-state index in [1.54, 1.807) is 19.2 Å². The number of aromatic amines is 1. The molecule has 0 aliphatic heterocycles. The van der Waals surface area contributed by atoms with Crippen molar-refractivity contribution in [3.8, 4) is 0 Å². The number of carbonyl (C=O) groups excluding carboxylic acids is 2. The van der Waals surface area contributed by atoms with Crippen molar-refractivity contribution in [3.05, 3.63) is 46.5 Å². The molecule has 0 aliphatic carbocycles.